The topological polar surface area (TPSA) is 104 Å². The van der Waals surface area contributed by atoms with Gasteiger partial charge in [0, 0.05) is 0 Å². The largest absolute Gasteiger partial charge is 0.481 e. The Kier molecular flexibility index (Phi) is 5.12. The highest BCUT2D eigenvalue weighted by atomic mass is 19.1. The van der Waals surface area contributed by atoms with Gasteiger partial charge in [-0.1, -0.05) is 0 Å². The average molecular weight is 290 g/mol. The van der Waals surface area contributed by atoms with Crippen LogP contribution in [-0.2, 0) is 9.53 Å². The molecule has 6 nitrogen and oxygen atoms in total. The Bertz CT molecular complexity index is 508. The van der Waals surface area contributed by atoms with E-state index in [1.807, 2.05) is 0 Å². The standard InChI is InChI=1S/C12H12F2O6/c1-20-12(19)10-6(13)2-5(3-7(10)14)11(18)8(15)4-9(16)17/h2-3,8,11,15,18H,4H2,1H3,(H,16,17). The summed E-state index contributed by atoms with van der Waals surface area (Å²) in [6.07, 6.45) is -4.35. The van der Waals surface area contributed by atoms with E-state index in [2.05, 4.69) is 4.74 Å². The molecule has 20 heavy (non-hydrogen) atoms. The van der Waals surface area contributed by atoms with E-state index in [1.165, 1.54) is 0 Å². The molecular weight excluding hydrogens is 278 g/mol. The molecule has 0 saturated carbocycles. The highest BCUT2D eigenvalue weighted by Crippen LogP contribution is 2.24. The van der Waals surface area contributed by atoms with Gasteiger partial charge in [0.25, 0.3) is 0 Å². The quantitative estimate of drug-likeness (QED) is 0.687. The summed E-state index contributed by atoms with van der Waals surface area (Å²) in [4.78, 5) is 21.5. The maximum atomic E-state index is 13.6. The van der Waals surface area contributed by atoms with Gasteiger partial charge >= 0.3 is 11.9 Å². The first kappa shape index (κ1) is 16.0. The van der Waals surface area contributed by atoms with Gasteiger partial charge in [-0.25, -0.2) is 13.6 Å². The van der Waals surface area contributed by atoms with Crippen molar-refractivity contribution in [2.45, 2.75) is 18.6 Å². The first-order chi connectivity index (χ1) is 9.27. The number of esters is 1. The molecular formula is C12H12F2O6. The summed E-state index contributed by atoms with van der Waals surface area (Å²) in [6, 6.07) is 1.26. The number of carbonyl (C=O) groups excluding carboxylic acids is 1. The molecule has 8 heteroatoms. The van der Waals surface area contributed by atoms with E-state index in [-0.39, 0.29) is 5.56 Å². The van der Waals surface area contributed by atoms with Crippen LogP contribution < -0.4 is 0 Å². The molecule has 110 valence electrons. The fraction of sp³-hybridized carbons (Fsp3) is 0.333. The molecule has 3 N–H and O–H groups in total. The normalized spacial score (nSPS) is 13.7. The van der Waals surface area contributed by atoms with Gasteiger partial charge in [-0.05, 0) is 17.7 Å². The number of aliphatic hydroxyl groups is 2. The monoisotopic (exact) mass is 290 g/mol. The van der Waals surface area contributed by atoms with Crippen molar-refractivity contribution < 1.29 is 38.4 Å². The van der Waals surface area contributed by atoms with E-state index >= 15 is 0 Å². The van der Waals surface area contributed by atoms with Gasteiger partial charge in [-0.15, -0.1) is 0 Å². The number of carboxylic acids is 1. The maximum absolute atomic E-state index is 13.6. The minimum absolute atomic E-state index is 0.388. The number of ether oxygens (including phenoxy) is 1. The van der Waals surface area contributed by atoms with Crippen molar-refractivity contribution in [2.24, 2.45) is 0 Å². The predicted octanol–water partition coefficient (Wildman–Crippen LogP) is 0.620. The van der Waals surface area contributed by atoms with Gasteiger partial charge in [0.1, 0.15) is 23.3 Å². The molecule has 0 aromatic heterocycles. The van der Waals surface area contributed by atoms with Crippen molar-refractivity contribution in [3.8, 4) is 0 Å². The summed E-state index contributed by atoms with van der Waals surface area (Å²) < 4.78 is 31.4. The van der Waals surface area contributed by atoms with E-state index in [0.29, 0.717) is 12.1 Å². The molecule has 2 atom stereocenters. The third-order valence-electron chi connectivity index (χ3n) is 2.54. The van der Waals surface area contributed by atoms with Gasteiger partial charge in [0.05, 0.1) is 19.6 Å². The highest BCUT2D eigenvalue weighted by Gasteiger charge is 2.25. The second-order valence-electron chi connectivity index (χ2n) is 3.96. The molecule has 0 amide bonds. The average Bonchev–Trinajstić information content (AvgIpc) is 2.35. The second kappa shape index (κ2) is 6.40. The number of benzene rings is 1. The van der Waals surface area contributed by atoms with Crippen LogP contribution in [0.4, 0.5) is 8.78 Å². The lowest BCUT2D eigenvalue weighted by Gasteiger charge is -2.17. The van der Waals surface area contributed by atoms with Gasteiger partial charge in [-0.3, -0.25) is 4.79 Å². The van der Waals surface area contributed by atoms with E-state index in [1.54, 1.807) is 0 Å². The lowest BCUT2D eigenvalue weighted by Crippen LogP contribution is -2.22. The molecule has 1 rings (SSSR count). The Hall–Kier alpha value is -2.06. The molecule has 0 saturated heterocycles. The van der Waals surface area contributed by atoms with Crippen LogP contribution in [0.2, 0.25) is 0 Å². The lowest BCUT2D eigenvalue weighted by molar-refractivity contribution is -0.141. The van der Waals surface area contributed by atoms with Crippen molar-refractivity contribution in [1.29, 1.82) is 0 Å². The summed E-state index contributed by atoms with van der Waals surface area (Å²) in [5.74, 6) is -5.18. The van der Waals surface area contributed by atoms with Crippen molar-refractivity contribution in [3.63, 3.8) is 0 Å². The number of hydrogen-bond acceptors (Lipinski definition) is 5. The van der Waals surface area contributed by atoms with Crippen LogP contribution >= 0.6 is 0 Å². The van der Waals surface area contributed by atoms with Crippen LogP contribution in [0, 0.1) is 11.6 Å². The lowest BCUT2D eigenvalue weighted by atomic mass is 10.00. The van der Waals surface area contributed by atoms with Crippen LogP contribution in [0.5, 0.6) is 0 Å². The fourth-order valence-electron chi connectivity index (χ4n) is 1.57. The Morgan fingerprint density at radius 3 is 2.15 bits per heavy atom. The van der Waals surface area contributed by atoms with Crippen LogP contribution in [0.3, 0.4) is 0 Å². The van der Waals surface area contributed by atoms with E-state index < -0.39 is 47.8 Å². The van der Waals surface area contributed by atoms with Gasteiger partial charge in [-0.2, -0.15) is 0 Å². The maximum Gasteiger partial charge on any atom is 0.343 e. The van der Waals surface area contributed by atoms with Crippen LogP contribution in [0.15, 0.2) is 12.1 Å². The van der Waals surface area contributed by atoms with Crippen molar-refractivity contribution >= 4 is 11.9 Å². The fourth-order valence-corrected chi connectivity index (χ4v) is 1.57. The third kappa shape index (κ3) is 3.49. The third-order valence-corrected chi connectivity index (χ3v) is 2.54. The molecule has 0 radical (unpaired) electrons. The predicted molar refractivity (Wildman–Crippen MR) is 60.9 cm³/mol. The molecule has 0 heterocycles. The van der Waals surface area contributed by atoms with E-state index in [0.717, 1.165) is 7.11 Å². The molecule has 0 bridgehead atoms. The molecule has 0 aliphatic carbocycles. The minimum Gasteiger partial charge on any atom is -0.481 e. The summed E-state index contributed by atoms with van der Waals surface area (Å²) in [7, 11) is 0.945. The zero-order valence-corrected chi connectivity index (χ0v) is 10.3. The number of halogens is 2. The Morgan fingerprint density at radius 1 is 1.25 bits per heavy atom. The van der Waals surface area contributed by atoms with Crippen molar-refractivity contribution in [2.75, 3.05) is 7.11 Å². The smallest absolute Gasteiger partial charge is 0.343 e. The summed E-state index contributed by atoms with van der Waals surface area (Å²) in [5.41, 5.74) is -1.32. The number of methoxy groups -OCH3 is 1. The highest BCUT2D eigenvalue weighted by molar-refractivity contribution is 5.90. The Morgan fingerprint density at radius 2 is 1.75 bits per heavy atom. The van der Waals surface area contributed by atoms with Crippen LogP contribution in [-0.4, -0.2) is 40.5 Å². The zero-order chi connectivity index (χ0) is 15.4. The molecule has 0 spiro atoms. The Balaban J connectivity index is 3.10. The molecule has 0 fully saturated rings. The molecule has 1 aromatic rings. The van der Waals surface area contributed by atoms with E-state index in [4.69, 9.17) is 5.11 Å². The number of hydrogen-bond donors (Lipinski definition) is 3. The van der Waals surface area contributed by atoms with Gasteiger partial charge in [0.15, 0.2) is 0 Å². The second-order valence-corrected chi connectivity index (χ2v) is 3.96. The number of carboxylic acid groups (broad SMARTS) is 1. The van der Waals surface area contributed by atoms with Crippen molar-refractivity contribution in [3.05, 3.63) is 34.9 Å². The van der Waals surface area contributed by atoms with Crippen LogP contribution in [0.25, 0.3) is 0 Å². The number of carbonyl (C=O) groups is 2. The summed E-state index contributed by atoms with van der Waals surface area (Å²) in [5, 5.41) is 27.4. The first-order valence-electron chi connectivity index (χ1n) is 5.43. The van der Waals surface area contributed by atoms with Crippen molar-refractivity contribution in [1.82, 2.24) is 0 Å². The molecule has 2 unspecified atom stereocenters. The number of rotatable bonds is 5. The first-order valence-corrected chi connectivity index (χ1v) is 5.43. The Labute approximate surface area is 112 Å². The summed E-state index contributed by atoms with van der Waals surface area (Å²) in [6.45, 7) is 0. The van der Waals surface area contributed by atoms with E-state index in [9.17, 15) is 28.6 Å². The molecule has 0 aliphatic rings. The van der Waals surface area contributed by atoms with Crippen LogP contribution in [0.1, 0.15) is 28.4 Å². The molecule has 0 aliphatic heterocycles. The number of aliphatic carboxylic acids is 1. The SMILES string of the molecule is COC(=O)c1c(F)cc(C(O)C(O)CC(=O)O)cc1F. The minimum atomic E-state index is -1.80. The zero-order valence-electron chi connectivity index (χ0n) is 10.3. The summed E-state index contributed by atoms with van der Waals surface area (Å²) >= 11 is 0. The number of aliphatic hydroxyl groups excluding tert-OH is 2. The molecule has 1 aromatic carbocycles. The van der Waals surface area contributed by atoms with Gasteiger partial charge < -0.3 is 20.1 Å². The van der Waals surface area contributed by atoms with Gasteiger partial charge in [0.2, 0.25) is 0 Å².